The fourth-order valence-electron chi connectivity index (χ4n) is 1.64. The number of ether oxygens (including phenoxy) is 2. The Bertz CT molecular complexity index is 226. The van der Waals surface area contributed by atoms with Crippen LogP contribution in [0.1, 0.15) is 32.6 Å². The van der Waals surface area contributed by atoms with Crippen molar-refractivity contribution in [1.82, 2.24) is 5.32 Å². The quantitative estimate of drug-likeness (QED) is 0.463. The second kappa shape index (κ2) is 10.6. The van der Waals surface area contributed by atoms with E-state index in [0.29, 0.717) is 0 Å². The third kappa shape index (κ3) is 7.24. The van der Waals surface area contributed by atoms with E-state index in [2.05, 4.69) is 5.32 Å². The minimum Gasteiger partial charge on any atom is -0.468 e. The van der Waals surface area contributed by atoms with E-state index in [1.54, 1.807) is 14.2 Å². The highest BCUT2D eigenvalue weighted by Crippen LogP contribution is 2.17. The maximum Gasteiger partial charge on any atom is 0.325 e. The van der Waals surface area contributed by atoms with Crippen LogP contribution in [0.3, 0.4) is 0 Å². The number of rotatable bonds is 11. The summed E-state index contributed by atoms with van der Waals surface area (Å²) in [6.45, 7) is 2.73. The van der Waals surface area contributed by atoms with E-state index in [0.717, 1.165) is 43.8 Å². The number of hydrogen-bond acceptors (Lipinski definition) is 5. The second-order valence-electron chi connectivity index (χ2n) is 4.49. The zero-order chi connectivity index (χ0) is 13.9. The lowest BCUT2D eigenvalue weighted by Crippen LogP contribution is -2.48. The molecule has 0 aliphatic rings. The number of carbonyl (C=O) groups is 1. The summed E-state index contributed by atoms with van der Waals surface area (Å²) < 4.78 is 9.80. The van der Waals surface area contributed by atoms with E-state index < -0.39 is 5.54 Å². The maximum absolute atomic E-state index is 11.6. The SMILES string of the molecule is CNC(C)(CCCCSCCCOC)C(=O)OC. The van der Waals surface area contributed by atoms with Crippen LogP contribution < -0.4 is 5.32 Å². The molecule has 0 rings (SSSR count). The molecule has 108 valence electrons. The first-order valence-electron chi connectivity index (χ1n) is 6.44. The minimum absolute atomic E-state index is 0.183. The molecule has 0 amide bonds. The molecule has 0 aromatic carbocycles. The van der Waals surface area contributed by atoms with Crippen molar-refractivity contribution in [3.05, 3.63) is 0 Å². The molecule has 0 aromatic heterocycles. The van der Waals surface area contributed by atoms with Crippen LogP contribution in [-0.4, -0.2) is 50.9 Å². The summed E-state index contributed by atoms with van der Waals surface area (Å²) in [6, 6.07) is 0. The summed E-state index contributed by atoms with van der Waals surface area (Å²) in [5, 5.41) is 3.05. The Morgan fingerprint density at radius 3 is 2.44 bits per heavy atom. The average Bonchev–Trinajstić information content (AvgIpc) is 2.40. The average molecular weight is 277 g/mol. The van der Waals surface area contributed by atoms with Crippen LogP contribution in [0.4, 0.5) is 0 Å². The molecule has 1 atom stereocenters. The van der Waals surface area contributed by atoms with Gasteiger partial charge in [0.15, 0.2) is 0 Å². The zero-order valence-corrected chi connectivity index (χ0v) is 12.9. The topological polar surface area (TPSA) is 47.6 Å². The normalized spacial score (nSPS) is 14.2. The molecule has 5 heteroatoms. The van der Waals surface area contributed by atoms with E-state index >= 15 is 0 Å². The van der Waals surface area contributed by atoms with Crippen molar-refractivity contribution in [2.45, 2.75) is 38.1 Å². The molecule has 0 aliphatic carbocycles. The lowest BCUT2D eigenvalue weighted by atomic mass is 9.95. The number of unbranched alkanes of at least 4 members (excludes halogenated alkanes) is 1. The maximum atomic E-state index is 11.6. The Morgan fingerprint density at radius 2 is 1.89 bits per heavy atom. The van der Waals surface area contributed by atoms with Crippen LogP contribution in [0.2, 0.25) is 0 Å². The summed E-state index contributed by atoms with van der Waals surface area (Å²) in [4.78, 5) is 11.6. The molecule has 0 saturated carbocycles. The number of hydrogen-bond donors (Lipinski definition) is 1. The van der Waals surface area contributed by atoms with Gasteiger partial charge in [0.25, 0.3) is 0 Å². The fourth-order valence-corrected chi connectivity index (χ4v) is 2.58. The smallest absolute Gasteiger partial charge is 0.325 e. The third-order valence-corrected chi connectivity index (χ3v) is 4.19. The lowest BCUT2D eigenvalue weighted by Gasteiger charge is -2.25. The van der Waals surface area contributed by atoms with Crippen molar-refractivity contribution >= 4 is 17.7 Å². The molecule has 0 bridgehead atoms. The summed E-state index contributed by atoms with van der Waals surface area (Å²) in [6.07, 6.45) is 4.09. The second-order valence-corrected chi connectivity index (χ2v) is 5.71. The van der Waals surface area contributed by atoms with Gasteiger partial charge in [-0.3, -0.25) is 4.79 Å². The van der Waals surface area contributed by atoms with E-state index in [-0.39, 0.29) is 5.97 Å². The van der Waals surface area contributed by atoms with Gasteiger partial charge in [-0.1, -0.05) is 6.42 Å². The van der Waals surface area contributed by atoms with Gasteiger partial charge in [-0.2, -0.15) is 11.8 Å². The Morgan fingerprint density at radius 1 is 1.22 bits per heavy atom. The van der Waals surface area contributed by atoms with Crippen LogP contribution in [0.25, 0.3) is 0 Å². The molecule has 4 nitrogen and oxygen atoms in total. The van der Waals surface area contributed by atoms with Crippen molar-refractivity contribution in [3.63, 3.8) is 0 Å². The Labute approximate surface area is 115 Å². The highest BCUT2D eigenvalue weighted by molar-refractivity contribution is 7.99. The predicted octanol–water partition coefficient (Wildman–Crippen LogP) is 2.08. The molecule has 0 saturated heterocycles. The van der Waals surface area contributed by atoms with Crippen molar-refractivity contribution < 1.29 is 14.3 Å². The fraction of sp³-hybridized carbons (Fsp3) is 0.923. The molecule has 18 heavy (non-hydrogen) atoms. The number of carbonyl (C=O) groups excluding carboxylic acids is 1. The largest absolute Gasteiger partial charge is 0.468 e. The number of likely N-dealkylation sites (N-methyl/N-ethyl adjacent to an activating group) is 1. The zero-order valence-electron chi connectivity index (χ0n) is 12.1. The van der Waals surface area contributed by atoms with Gasteiger partial charge in [-0.25, -0.2) is 0 Å². The Balaban J connectivity index is 3.60. The summed E-state index contributed by atoms with van der Waals surface area (Å²) in [5.41, 5.74) is -0.546. The van der Waals surface area contributed by atoms with Gasteiger partial charge in [0, 0.05) is 13.7 Å². The van der Waals surface area contributed by atoms with Crippen LogP contribution in [0.15, 0.2) is 0 Å². The first-order valence-corrected chi connectivity index (χ1v) is 7.60. The highest BCUT2D eigenvalue weighted by Gasteiger charge is 2.31. The first-order chi connectivity index (χ1) is 8.60. The van der Waals surface area contributed by atoms with E-state index in [9.17, 15) is 4.79 Å². The molecule has 0 aliphatic heterocycles. The number of esters is 1. The third-order valence-electron chi connectivity index (χ3n) is 3.04. The van der Waals surface area contributed by atoms with Gasteiger partial charge in [0.05, 0.1) is 7.11 Å². The van der Waals surface area contributed by atoms with Crippen LogP contribution in [0.5, 0.6) is 0 Å². The molecule has 0 radical (unpaired) electrons. The van der Waals surface area contributed by atoms with E-state index in [4.69, 9.17) is 9.47 Å². The van der Waals surface area contributed by atoms with Crippen molar-refractivity contribution in [2.24, 2.45) is 0 Å². The standard InChI is InChI=1S/C13H27NO3S/c1-13(14-2,12(15)17-4)8-5-6-10-18-11-7-9-16-3/h14H,5-11H2,1-4H3. The molecular weight excluding hydrogens is 250 g/mol. The predicted molar refractivity (Wildman–Crippen MR) is 77.1 cm³/mol. The summed E-state index contributed by atoms with van der Waals surface area (Å²) >= 11 is 1.95. The number of thioether (sulfide) groups is 1. The number of methoxy groups -OCH3 is 2. The van der Waals surface area contributed by atoms with Crippen molar-refractivity contribution in [1.29, 1.82) is 0 Å². The Hall–Kier alpha value is -0.260. The monoisotopic (exact) mass is 277 g/mol. The van der Waals surface area contributed by atoms with Crippen LogP contribution >= 0.6 is 11.8 Å². The minimum atomic E-state index is -0.546. The lowest BCUT2D eigenvalue weighted by molar-refractivity contribution is -0.148. The van der Waals surface area contributed by atoms with Crippen molar-refractivity contribution in [3.8, 4) is 0 Å². The van der Waals surface area contributed by atoms with Gasteiger partial charge in [-0.15, -0.1) is 0 Å². The van der Waals surface area contributed by atoms with Gasteiger partial charge < -0.3 is 14.8 Å². The number of nitrogens with one attached hydrogen (secondary N) is 1. The van der Waals surface area contributed by atoms with Gasteiger partial charge in [-0.05, 0) is 44.7 Å². The van der Waals surface area contributed by atoms with Gasteiger partial charge >= 0.3 is 5.97 Å². The van der Waals surface area contributed by atoms with Gasteiger partial charge in [0.2, 0.25) is 0 Å². The first kappa shape index (κ1) is 17.7. The molecule has 0 heterocycles. The van der Waals surface area contributed by atoms with Crippen LogP contribution in [-0.2, 0) is 14.3 Å². The summed E-state index contributed by atoms with van der Waals surface area (Å²) in [5.74, 6) is 2.11. The van der Waals surface area contributed by atoms with Crippen LogP contribution in [0, 0.1) is 0 Å². The Kier molecular flexibility index (Phi) is 10.5. The molecule has 1 N–H and O–H groups in total. The highest BCUT2D eigenvalue weighted by atomic mass is 32.2. The molecule has 0 aromatic rings. The van der Waals surface area contributed by atoms with Crippen molar-refractivity contribution in [2.75, 3.05) is 39.4 Å². The summed E-state index contributed by atoms with van der Waals surface area (Å²) in [7, 11) is 4.97. The van der Waals surface area contributed by atoms with Gasteiger partial charge in [0.1, 0.15) is 5.54 Å². The molecular formula is C13H27NO3S. The molecule has 0 spiro atoms. The van der Waals surface area contributed by atoms with E-state index in [1.165, 1.54) is 7.11 Å². The molecule has 1 unspecified atom stereocenters. The molecule has 0 fully saturated rings. The van der Waals surface area contributed by atoms with E-state index in [1.807, 2.05) is 18.7 Å².